The number of carboxylic acid groups (broad SMARTS) is 1. The maximum Gasteiger partial charge on any atom is 0.306 e. The van der Waals surface area contributed by atoms with Gasteiger partial charge in [-0.1, -0.05) is 58.4 Å². The van der Waals surface area contributed by atoms with Crippen molar-refractivity contribution in [1.29, 1.82) is 0 Å². The van der Waals surface area contributed by atoms with Crippen LogP contribution in [0.4, 0.5) is 0 Å². The lowest BCUT2D eigenvalue weighted by Crippen LogP contribution is -2.25. The Morgan fingerprint density at radius 1 is 0.958 bits per heavy atom. The van der Waals surface area contributed by atoms with Crippen LogP contribution in [-0.2, 0) is 9.59 Å². The summed E-state index contributed by atoms with van der Waals surface area (Å²) in [6.45, 7) is 3.74. The standard InChI is InChI=1S/C19H34O5/c1-3-4-5-6-7-8-9-10-16(20)12-14-18(22)17(21)13-11-15(2)19(23)24/h12,14-15,17-18,21-22H,3-11,13H2,1-2H3,(H,23,24)/b14-12+. The highest BCUT2D eigenvalue weighted by Crippen LogP contribution is 2.12. The second-order valence-corrected chi connectivity index (χ2v) is 6.57. The van der Waals surface area contributed by atoms with Gasteiger partial charge >= 0.3 is 5.97 Å². The van der Waals surface area contributed by atoms with Crippen molar-refractivity contribution < 1.29 is 24.9 Å². The van der Waals surface area contributed by atoms with Crippen molar-refractivity contribution in [2.24, 2.45) is 5.92 Å². The summed E-state index contributed by atoms with van der Waals surface area (Å²) in [6, 6.07) is 0. The molecule has 0 aliphatic rings. The van der Waals surface area contributed by atoms with E-state index in [-0.39, 0.29) is 18.6 Å². The van der Waals surface area contributed by atoms with Gasteiger partial charge in [0.05, 0.1) is 18.1 Å². The SMILES string of the molecule is CCCCCCCCCC(=O)/C=C/C(O)C(O)CCC(C)C(=O)O. The molecule has 0 bridgehead atoms. The Balaban J connectivity index is 3.84. The number of carboxylic acids is 1. The first-order chi connectivity index (χ1) is 11.4. The van der Waals surface area contributed by atoms with E-state index in [1.54, 1.807) is 6.92 Å². The molecule has 0 amide bonds. The van der Waals surface area contributed by atoms with Gasteiger partial charge in [-0.3, -0.25) is 9.59 Å². The van der Waals surface area contributed by atoms with Crippen molar-refractivity contribution in [3.63, 3.8) is 0 Å². The van der Waals surface area contributed by atoms with Crippen molar-refractivity contribution in [2.45, 2.75) is 90.3 Å². The second-order valence-electron chi connectivity index (χ2n) is 6.57. The number of ketones is 1. The lowest BCUT2D eigenvalue weighted by Gasteiger charge is -2.15. The van der Waals surface area contributed by atoms with Crippen molar-refractivity contribution >= 4 is 11.8 Å². The van der Waals surface area contributed by atoms with Crippen LogP contribution < -0.4 is 0 Å². The van der Waals surface area contributed by atoms with Crippen molar-refractivity contribution in [3.05, 3.63) is 12.2 Å². The molecule has 0 saturated heterocycles. The third kappa shape index (κ3) is 12.3. The number of aliphatic carboxylic acids is 1. The number of unbranched alkanes of at least 4 members (excludes halogenated alkanes) is 6. The van der Waals surface area contributed by atoms with Crippen molar-refractivity contribution in [1.82, 2.24) is 0 Å². The predicted octanol–water partition coefficient (Wildman–Crippen LogP) is 3.48. The molecule has 0 aromatic carbocycles. The van der Waals surface area contributed by atoms with Crippen LogP contribution in [0.3, 0.4) is 0 Å². The van der Waals surface area contributed by atoms with Gasteiger partial charge < -0.3 is 15.3 Å². The number of carbonyl (C=O) groups excluding carboxylic acids is 1. The molecular formula is C19H34O5. The molecule has 0 aromatic heterocycles. The smallest absolute Gasteiger partial charge is 0.306 e. The molecule has 0 spiro atoms. The average Bonchev–Trinajstić information content (AvgIpc) is 2.56. The van der Waals surface area contributed by atoms with Crippen LogP contribution in [0, 0.1) is 5.92 Å². The molecule has 24 heavy (non-hydrogen) atoms. The summed E-state index contributed by atoms with van der Waals surface area (Å²) in [7, 11) is 0. The van der Waals surface area contributed by atoms with E-state index >= 15 is 0 Å². The second kappa shape index (κ2) is 14.2. The average molecular weight is 342 g/mol. The largest absolute Gasteiger partial charge is 0.481 e. The van der Waals surface area contributed by atoms with Crippen LogP contribution in [0.15, 0.2) is 12.2 Å². The number of allylic oxidation sites excluding steroid dienone is 1. The van der Waals surface area contributed by atoms with Gasteiger partial charge in [0, 0.05) is 6.42 Å². The lowest BCUT2D eigenvalue weighted by molar-refractivity contribution is -0.141. The Labute approximate surface area is 145 Å². The van der Waals surface area contributed by atoms with E-state index in [1.165, 1.54) is 37.8 Å². The molecule has 3 atom stereocenters. The van der Waals surface area contributed by atoms with E-state index < -0.39 is 24.1 Å². The first-order valence-electron chi connectivity index (χ1n) is 9.18. The van der Waals surface area contributed by atoms with Gasteiger partial charge in [-0.25, -0.2) is 0 Å². The van der Waals surface area contributed by atoms with Gasteiger partial charge in [-0.2, -0.15) is 0 Å². The minimum absolute atomic E-state index is 0.0475. The molecule has 0 radical (unpaired) electrons. The molecule has 3 N–H and O–H groups in total. The molecule has 0 aliphatic heterocycles. The minimum Gasteiger partial charge on any atom is -0.481 e. The Kier molecular flexibility index (Phi) is 13.5. The van der Waals surface area contributed by atoms with Crippen molar-refractivity contribution in [3.8, 4) is 0 Å². The number of carbonyl (C=O) groups is 2. The quantitative estimate of drug-likeness (QED) is 0.313. The van der Waals surface area contributed by atoms with Crippen molar-refractivity contribution in [2.75, 3.05) is 0 Å². The van der Waals surface area contributed by atoms with E-state index in [0.717, 1.165) is 19.3 Å². The summed E-state index contributed by atoms with van der Waals surface area (Å²) in [5, 5.41) is 28.3. The molecule has 0 heterocycles. The predicted molar refractivity (Wildman–Crippen MR) is 94.8 cm³/mol. The fraction of sp³-hybridized carbons (Fsp3) is 0.789. The molecule has 0 rings (SSSR count). The Hall–Kier alpha value is -1.20. The topological polar surface area (TPSA) is 94.8 Å². The molecule has 140 valence electrons. The fourth-order valence-electron chi connectivity index (χ4n) is 2.39. The normalized spacial score (nSPS) is 15.3. The maximum absolute atomic E-state index is 11.7. The Morgan fingerprint density at radius 2 is 1.54 bits per heavy atom. The third-order valence-corrected chi connectivity index (χ3v) is 4.22. The number of rotatable bonds is 15. The fourth-order valence-corrected chi connectivity index (χ4v) is 2.39. The van der Waals surface area contributed by atoms with Gasteiger partial charge in [0.2, 0.25) is 0 Å². The summed E-state index contributed by atoms with van der Waals surface area (Å²) in [6.07, 6.45) is 9.41. The van der Waals surface area contributed by atoms with Crippen LogP contribution in [0.5, 0.6) is 0 Å². The monoisotopic (exact) mass is 342 g/mol. The van der Waals surface area contributed by atoms with E-state index in [9.17, 15) is 19.8 Å². The molecule has 0 saturated carbocycles. The molecule has 0 aliphatic carbocycles. The highest BCUT2D eigenvalue weighted by molar-refractivity contribution is 5.89. The number of aliphatic hydroxyl groups excluding tert-OH is 2. The van der Waals surface area contributed by atoms with E-state index in [1.807, 2.05) is 0 Å². The first kappa shape index (κ1) is 22.8. The number of hydrogen-bond acceptors (Lipinski definition) is 4. The molecular weight excluding hydrogens is 308 g/mol. The maximum atomic E-state index is 11.7. The van der Waals surface area contributed by atoms with E-state index in [0.29, 0.717) is 6.42 Å². The zero-order chi connectivity index (χ0) is 18.4. The lowest BCUT2D eigenvalue weighted by atomic mass is 10.00. The van der Waals surface area contributed by atoms with Crippen LogP contribution in [-0.4, -0.2) is 39.3 Å². The minimum atomic E-state index is -1.14. The zero-order valence-corrected chi connectivity index (χ0v) is 15.1. The van der Waals surface area contributed by atoms with Gasteiger partial charge in [0.1, 0.15) is 0 Å². The van der Waals surface area contributed by atoms with E-state index in [2.05, 4.69) is 6.92 Å². The summed E-state index contributed by atoms with van der Waals surface area (Å²) in [5.74, 6) is -1.53. The van der Waals surface area contributed by atoms with Crippen LogP contribution >= 0.6 is 0 Å². The molecule has 3 unspecified atom stereocenters. The van der Waals surface area contributed by atoms with Crippen LogP contribution in [0.2, 0.25) is 0 Å². The van der Waals surface area contributed by atoms with Gasteiger partial charge in [0.15, 0.2) is 5.78 Å². The number of hydrogen-bond donors (Lipinski definition) is 3. The highest BCUT2D eigenvalue weighted by atomic mass is 16.4. The third-order valence-electron chi connectivity index (χ3n) is 4.22. The Bertz CT molecular complexity index is 378. The first-order valence-corrected chi connectivity index (χ1v) is 9.18. The highest BCUT2D eigenvalue weighted by Gasteiger charge is 2.17. The molecule has 0 fully saturated rings. The van der Waals surface area contributed by atoms with Crippen LogP contribution in [0.1, 0.15) is 78.1 Å². The zero-order valence-electron chi connectivity index (χ0n) is 15.1. The summed E-state index contributed by atoms with van der Waals surface area (Å²) in [5.41, 5.74) is 0. The molecule has 0 aromatic rings. The van der Waals surface area contributed by atoms with E-state index in [4.69, 9.17) is 5.11 Å². The number of aliphatic hydroxyl groups is 2. The molecule has 5 nitrogen and oxygen atoms in total. The summed E-state index contributed by atoms with van der Waals surface area (Å²) in [4.78, 5) is 22.4. The Morgan fingerprint density at radius 3 is 2.12 bits per heavy atom. The van der Waals surface area contributed by atoms with Gasteiger partial charge in [0.25, 0.3) is 0 Å². The van der Waals surface area contributed by atoms with Gasteiger partial charge in [-0.05, 0) is 25.3 Å². The van der Waals surface area contributed by atoms with Gasteiger partial charge in [-0.15, -0.1) is 0 Å². The summed E-state index contributed by atoms with van der Waals surface area (Å²) < 4.78 is 0. The molecule has 5 heteroatoms. The van der Waals surface area contributed by atoms with Crippen LogP contribution in [0.25, 0.3) is 0 Å². The summed E-state index contributed by atoms with van der Waals surface area (Å²) >= 11 is 0.